The number of hydrogen-bond acceptors (Lipinski definition) is 6. The molecular weight excluding hydrogens is 500 g/mol. The van der Waals surface area contributed by atoms with E-state index in [9.17, 15) is 29.4 Å². The van der Waals surface area contributed by atoms with E-state index in [1.165, 1.54) is 21.6 Å². The molecule has 10 heteroatoms. The van der Waals surface area contributed by atoms with Gasteiger partial charge in [0.1, 0.15) is 12.1 Å². The van der Waals surface area contributed by atoms with Crippen molar-refractivity contribution in [2.24, 2.45) is 11.8 Å². The number of carbonyl (C=O) groups excluding carboxylic acids is 2. The molecular formula is C26H32N2O6S2. The second-order valence-electron chi connectivity index (χ2n) is 8.51. The van der Waals surface area contributed by atoms with Gasteiger partial charge >= 0.3 is 11.9 Å². The Kier molecular flexibility index (Phi) is 11.3. The van der Waals surface area contributed by atoms with E-state index in [0.717, 1.165) is 0 Å². The number of aliphatic carboxylic acids is 2. The number of carboxylic acids is 2. The smallest absolute Gasteiger partial charge is 0.326 e. The third kappa shape index (κ3) is 7.76. The molecule has 2 amide bonds. The summed E-state index contributed by atoms with van der Waals surface area (Å²) < 4.78 is 0. The van der Waals surface area contributed by atoms with Crippen molar-refractivity contribution in [3.8, 4) is 0 Å². The van der Waals surface area contributed by atoms with Crippen LogP contribution in [-0.2, 0) is 9.59 Å². The quantitative estimate of drug-likeness (QED) is 0.267. The molecule has 0 heterocycles. The molecule has 0 bridgehead atoms. The fourth-order valence-corrected chi connectivity index (χ4v) is 5.71. The minimum absolute atomic E-state index is 0.240. The highest BCUT2D eigenvalue weighted by atomic mass is 33.1. The maximum atomic E-state index is 12.9. The van der Waals surface area contributed by atoms with Crippen LogP contribution in [0.3, 0.4) is 0 Å². The Balaban J connectivity index is 2.22. The van der Waals surface area contributed by atoms with Gasteiger partial charge in [-0.3, -0.25) is 9.59 Å². The molecule has 0 radical (unpaired) electrons. The Morgan fingerprint density at radius 3 is 1.33 bits per heavy atom. The van der Waals surface area contributed by atoms with E-state index >= 15 is 0 Å². The molecule has 0 aliphatic carbocycles. The van der Waals surface area contributed by atoms with Crippen LogP contribution >= 0.6 is 21.6 Å². The second kappa shape index (κ2) is 13.9. The first-order chi connectivity index (χ1) is 17.1. The van der Waals surface area contributed by atoms with Crippen molar-refractivity contribution in [3.05, 3.63) is 59.7 Å². The summed E-state index contributed by atoms with van der Waals surface area (Å²) in [6, 6.07) is 11.7. The molecule has 0 spiro atoms. The molecule has 0 aliphatic rings. The lowest BCUT2D eigenvalue weighted by atomic mass is 9.99. The van der Waals surface area contributed by atoms with Gasteiger partial charge in [0.05, 0.1) is 11.1 Å². The molecule has 0 saturated carbocycles. The van der Waals surface area contributed by atoms with Crippen LogP contribution in [0.25, 0.3) is 0 Å². The molecule has 2 aromatic rings. The topological polar surface area (TPSA) is 133 Å². The molecule has 0 fully saturated rings. The van der Waals surface area contributed by atoms with Crippen molar-refractivity contribution in [3.63, 3.8) is 0 Å². The van der Waals surface area contributed by atoms with Crippen molar-refractivity contribution < 1.29 is 29.4 Å². The fourth-order valence-electron chi connectivity index (χ4n) is 3.35. The highest BCUT2D eigenvalue weighted by Gasteiger charge is 2.28. The summed E-state index contributed by atoms with van der Waals surface area (Å²) in [7, 11) is 2.52. The van der Waals surface area contributed by atoms with E-state index in [4.69, 9.17) is 0 Å². The van der Waals surface area contributed by atoms with Gasteiger partial charge in [-0.15, -0.1) is 0 Å². The largest absolute Gasteiger partial charge is 0.480 e. The molecule has 2 rings (SSSR count). The predicted octanol–water partition coefficient (Wildman–Crippen LogP) is 4.94. The lowest BCUT2D eigenvalue weighted by molar-refractivity contribution is -0.141. The summed E-state index contributed by atoms with van der Waals surface area (Å²) in [4.78, 5) is 50.4. The minimum Gasteiger partial charge on any atom is -0.480 e. The van der Waals surface area contributed by atoms with E-state index in [1.807, 2.05) is 13.8 Å². The molecule has 4 N–H and O–H groups in total. The van der Waals surface area contributed by atoms with Gasteiger partial charge in [0.25, 0.3) is 11.8 Å². The first kappa shape index (κ1) is 29.3. The Morgan fingerprint density at radius 2 is 1.03 bits per heavy atom. The van der Waals surface area contributed by atoms with Crippen molar-refractivity contribution in [1.82, 2.24) is 10.6 Å². The predicted molar refractivity (Wildman–Crippen MR) is 141 cm³/mol. The molecule has 0 saturated heterocycles. The monoisotopic (exact) mass is 532 g/mol. The number of hydrogen-bond donors (Lipinski definition) is 4. The van der Waals surface area contributed by atoms with E-state index < -0.39 is 35.8 Å². The number of carboxylic acid groups (broad SMARTS) is 2. The van der Waals surface area contributed by atoms with Gasteiger partial charge in [-0.1, -0.05) is 86.4 Å². The van der Waals surface area contributed by atoms with Gasteiger partial charge in [0, 0.05) is 9.79 Å². The van der Waals surface area contributed by atoms with Gasteiger partial charge in [-0.2, -0.15) is 0 Å². The van der Waals surface area contributed by atoms with Gasteiger partial charge in [0.2, 0.25) is 0 Å². The highest BCUT2D eigenvalue weighted by Crippen LogP contribution is 2.40. The summed E-state index contributed by atoms with van der Waals surface area (Å²) >= 11 is 0. The maximum absolute atomic E-state index is 12.9. The van der Waals surface area contributed by atoms with Crippen LogP contribution < -0.4 is 10.6 Å². The first-order valence-corrected chi connectivity index (χ1v) is 13.8. The fraction of sp³-hybridized carbons (Fsp3) is 0.385. The van der Waals surface area contributed by atoms with Gasteiger partial charge in [0.15, 0.2) is 0 Å². The number of amides is 2. The average molecular weight is 533 g/mol. The summed E-state index contributed by atoms with van der Waals surface area (Å²) in [6.07, 6.45) is 1.20. The van der Waals surface area contributed by atoms with Crippen molar-refractivity contribution in [2.45, 2.75) is 62.4 Å². The summed E-state index contributed by atoms with van der Waals surface area (Å²) in [6.45, 7) is 7.27. The number of carbonyl (C=O) groups is 4. The van der Waals surface area contributed by atoms with Crippen LogP contribution in [0.5, 0.6) is 0 Å². The Bertz CT molecular complexity index is 1010. The summed E-state index contributed by atoms with van der Waals surface area (Å²) in [5.41, 5.74) is 0.656. The Hall–Kier alpha value is -2.98. The average Bonchev–Trinajstić information content (AvgIpc) is 2.87. The Labute approximate surface area is 219 Å². The number of benzene rings is 2. The van der Waals surface area contributed by atoms with Crippen molar-refractivity contribution in [2.75, 3.05) is 0 Å². The number of rotatable bonds is 13. The third-order valence-electron chi connectivity index (χ3n) is 6.02. The zero-order chi connectivity index (χ0) is 26.8. The van der Waals surface area contributed by atoms with E-state index in [-0.39, 0.29) is 11.8 Å². The first-order valence-electron chi connectivity index (χ1n) is 11.7. The van der Waals surface area contributed by atoms with Gasteiger partial charge in [-0.25, -0.2) is 9.59 Å². The second-order valence-corrected chi connectivity index (χ2v) is 10.7. The van der Waals surface area contributed by atoms with Crippen molar-refractivity contribution in [1.29, 1.82) is 0 Å². The molecule has 8 nitrogen and oxygen atoms in total. The molecule has 4 atom stereocenters. The van der Waals surface area contributed by atoms with E-state index in [1.54, 1.807) is 62.4 Å². The zero-order valence-electron chi connectivity index (χ0n) is 20.7. The van der Waals surface area contributed by atoms with E-state index in [2.05, 4.69) is 10.6 Å². The summed E-state index contributed by atoms with van der Waals surface area (Å²) in [5.74, 6) is -3.64. The number of nitrogens with one attached hydrogen (secondary N) is 2. The van der Waals surface area contributed by atoms with Crippen molar-refractivity contribution >= 4 is 45.3 Å². The van der Waals surface area contributed by atoms with Gasteiger partial charge < -0.3 is 20.8 Å². The van der Waals surface area contributed by atoms with Gasteiger partial charge in [-0.05, 0) is 36.1 Å². The molecule has 0 unspecified atom stereocenters. The molecule has 36 heavy (non-hydrogen) atoms. The zero-order valence-corrected chi connectivity index (χ0v) is 22.3. The molecule has 0 aliphatic heterocycles. The molecule has 2 aromatic carbocycles. The van der Waals surface area contributed by atoms with E-state index in [0.29, 0.717) is 33.8 Å². The normalized spacial score (nSPS) is 14.2. The van der Waals surface area contributed by atoms with Crippen LogP contribution in [0.4, 0.5) is 0 Å². The van der Waals surface area contributed by atoms with Crippen LogP contribution in [0, 0.1) is 11.8 Å². The van der Waals surface area contributed by atoms with Crippen LogP contribution in [-0.4, -0.2) is 46.0 Å². The lowest BCUT2D eigenvalue weighted by Crippen LogP contribution is -2.45. The lowest BCUT2D eigenvalue weighted by Gasteiger charge is -2.21. The van der Waals surface area contributed by atoms with Crippen LogP contribution in [0.15, 0.2) is 58.3 Å². The SMILES string of the molecule is CC[C@@H](C)[C@H](NC(=O)c1ccccc1SSc1ccccc1C(=O)N[C@H](C(=O)O)[C@@H](C)CC)C(=O)O. The van der Waals surface area contributed by atoms with Crippen LogP contribution in [0.1, 0.15) is 61.3 Å². The maximum Gasteiger partial charge on any atom is 0.326 e. The third-order valence-corrected chi connectivity index (χ3v) is 8.50. The summed E-state index contributed by atoms with van der Waals surface area (Å²) in [5, 5.41) is 24.3. The standard InChI is InChI=1S/C26H32N2O6S2/c1-5-15(3)21(25(31)32)27-23(29)17-11-7-9-13-19(17)35-36-20-14-10-8-12-18(20)24(30)28-22(26(33)34)16(4)6-2/h7-16,21-22H,5-6H2,1-4H3,(H,27,29)(H,28,30)(H,31,32)(H,33,34)/t15-,16+,21-,22-/m0/s1. The molecule has 0 aromatic heterocycles. The van der Waals surface area contributed by atoms with Crippen LogP contribution in [0.2, 0.25) is 0 Å². The Morgan fingerprint density at radius 1 is 0.694 bits per heavy atom. The molecule has 194 valence electrons. The minimum atomic E-state index is -1.09. The highest BCUT2D eigenvalue weighted by molar-refractivity contribution is 8.76.